The van der Waals surface area contributed by atoms with E-state index in [2.05, 4.69) is 27.8 Å². The van der Waals surface area contributed by atoms with Crippen molar-refractivity contribution in [2.45, 2.75) is 22.6 Å². The number of nitrogens with two attached hydrogens (primary N) is 1. The Morgan fingerprint density at radius 1 is 1.16 bits per heavy atom. The highest BCUT2D eigenvalue weighted by Gasteiger charge is 2.17. The Hall–Kier alpha value is -1.89. The number of primary sulfonamides is 1. The summed E-state index contributed by atoms with van der Waals surface area (Å²) in [5.74, 6) is -0.360. The molecule has 4 N–H and O–H groups in total. The first-order valence-corrected chi connectivity index (χ1v) is 12.9. The summed E-state index contributed by atoms with van der Waals surface area (Å²) in [5, 5.41) is 19.5. The van der Waals surface area contributed by atoms with Crippen LogP contribution in [0.25, 0.3) is 0 Å². The number of benzene rings is 2. The number of aromatic nitrogens is 2. The van der Waals surface area contributed by atoms with Crippen LogP contribution in [0, 0.1) is 0 Å². The van der Waals surface area contributed by atoms with Crippen molar-refractivity contribution in [2.75, 3.05) is 16.4 Å². The number of rotatable bonds is 8. The zero-order valence-electron chi connectivity index (χ0n) is 16.1. The number of aryl methyl sites for hydroxylation is 1. The molecule has 0 radical (unpaired) electrons. The predicted octanol–water partition coefficient (Wildman–Crippen LogP) is 4.53. The third-order valence-electron chi connectivity index (χ3n) is 3.96. The maximum Gasteiger partial charge on any atom is 0.238 e. The fourth-order valence-corrected chi connectivity index (χ4v) is 5.25. The van der Waals surface area contributed by atoms with Crippen LogP contribution in [0.15, 0.2) is 45.6 Å². The minimum absolute atomic E-state index is 0.0312. The molecule has 8 nitrogen and oxygen atoms in total. The van der Waals surface area contributed by atoms with Crippen molar-refractivity contribution in [3.63, 3.8) is 0 Å². The summed E-state index contributed by atoms with van der Waals surface area (Å²) in [7, 11) is -3.97. The monoisotopic (exact) mass is 517 g/mol. The summed E-state index contributed by atoms with van der Waals surface area (Å²) >= 11 is 14.6. The number of halogens is 2. The van der Waals surface area contributed by atoms with Crippen molar-refractivity contribution in [2.24, 2.45) is 5.14 Å². The van der Waals surface area contributed by atoms with Crippen molar-refractivity contribution >= 4 is 78.7 Å². The topological polar surface area (TPSA) is 127 Å². The molecule has 2 aromatic carbocycles. The minimum atomic E-state index is -3.97. The van der Waals surface area contributed by atoms with Gasteiger partial charge in [-0.3, -0.25) is 4.79 Å². The highest BCUT2D eigenvalue weighted by Crippen LogP contribution is 2.34. The van der Waals surface area contributed by atoms with Crippen molar-refractivity contribution in [1.82, 2.24) is 10.2 Å². The smallest absolute Gasteiger partial charge is 0.238 e. The molecule has 0 spiro atoms. The first-order valence-electron chi connectivity index (χ1n) is 8.79. The Kier molecular flexibility index (Phi) is 7.78. The summed E-state index contributed by atoms with van der Waals surface area (Å²) < 4.78 is 23.5. The van der Waals surface area contributed by atoms with E-state index in [0.717, 1.165) is 24.2 Å². The third kappa shape index (κ3) is 6.55. The van der Waals surface area contributed by atoms with E-state index < -0.39 is 15.9 Å². The van der Waals surface area contributed by atoms with Crippen LogP contribution in [0.3, 0.4) is 0 Å². The van der Waals surface area contributed by atoms with Gasteiger partial charge in [0.2, 0.25) is 21.1 Å². The molecule has 0 unspecified atom stereocenters. The fourth-order valence-electron chi connectivity index (χ4n) is 2.40. The van der Waals surface area contributed by atoms with Crippen molar-refractivity contribution < 1.29 is 13.2 Å². The largest absolute Gasteiger partial charge is 0.330 e. The first-order chi connectivity index (χ1) is 14.7. The molecular weight excluding hydrogens is 501 g/mol. The maximum absolute atomic E-state index is 12.3. The number of hydrogen-bond donors (Lipinski definition) is 3. The second-order valence-corrected chi connectivity index (χ2v) is 10.8. The molecular formula is C18H17Cl2N5O3S3. The van der Waals surface area contributed by atoms with Gasteiger partial charge in [-0.15, -0.1) is 10.2 Å². The van der Waals surface area contributed by atoms with E-state index in [9.17, 15) is 13.2 Å². The summed E-state index contributed by atoms with van der Waals surface area (Å²) in [6.07, 6.45) is 0.967. The summed E-state index contributed by atoms with van der Waals surface area (Å²) in [6.45, 7) is 2.09. The lowest BCUT2D eigenvalue weighted by atomic mass is 10.1. The third-order valence-corrected chi connectivity index (χ3v) is 7.42. The second-order valence-electron chi connectivity index (χ2n) is 6.19. The van der Waals surface area contributed by atoms with Gasteiger partial charge in [0.05, 0.1) is 26.4 Å². The molecule has 164 valence electrons. The Bertz CT molecular complexity index is 1180. The van der Waals surface area contributed by atoms with Crippen molar-refractivity contribution in [3.8, 4) is 0 Å². The molecule has 0 bridgehead atoms. The van der Waals surface area contributed by atoms with Gasteiger partial charge in [0.15, 0.2) is 4.34 Å². The van der Waals surface area contributed by atoms with Gasteiger partial charge >= 0.3 is 0 Å². The molecule has 1 aromatic heterocycles. The molecule has 3 rings (SSSR count). The van der Waals surface area contributed by atoms with Gasteiger partial charge in [0.1, 0.15) is 0 Å². The Morgan fingerprint density at radius 2 is 1.81 bits per heavy atom. The van der Waals surface area contributed by atoms with Crippen molar-refractivity contribution in [1.29, 1.82) is 0 Å². The maximum atomic E-state index is 12.3. The van der Waals surface area contributed by atoms with Crippen LogP contribution in [-0.2, 0) is 21.2 Å². The number of carbonyl (C=O) groups excluding carboxylic acids is 1. The summed E-state index contributed by atoms with van der Waals surface area (Å²) in [4.78, 5) is 12.0. The molecule has 0 fully saturated rings. The summed E-state index contributed by atoms with van der Waals surface area (Å²) in [5.41, 5.74) is 2.25. The number of hydrogen-bond acceptors (Lipinski definition) is 8. The molecule has 3 aromatic rings. The quantitative estimate of drug-likeness (QED) is 0.374. The molecule has 31 heavy (non-hydrogen) atoms. The van der Waals surface area contributed by atoms with E-state index in [1.807, 2.05) is 24.3 Å². The molecule has 0 atom stereocenters. The van der Waals surface area contributed by atoms with Crippen LogP contribution in [-0.4, -0.2) is 30.3 Å². The highest BCUT2D eigenvalue weighted by molar-refractivity contribution is 8.01. The molecule has 1 heterocycles. The number of anilines is 3. The fraction of sp³-hybridized carbons (Fsp3) is 0.167. The van der Waals surface area contributed by atoms with Crippen LogP contribution in [0.1, 0.15) is 12.5 Å². The van der Waals surface area contributed by atoms with Gasteiger partial charge in [-0.1, -0.05) is 65.4 Å². The molecule has 0 aliphatic carbocycles. The molecule has 0 aliphatic heterocycles. The van der Waals surface area contributed by atoms with E-state index in [0.29, 0.717) is 9.47 Å². The number of nitrogens with zero attached hydrogens (tertiary/aromatic N) is 2. The number of carbonyl (C=O) groups is 1. The molecule has 0 aliphatic rings. The van der Waals surface area contributed by atoms with Gasteiger partial charge in [-0.05, 0) is 36.2 Å². The van der Waals surface area contributed by atoms with E-state index in [-0.39, 0.29) is 26.4 Å². The second kappa shape index (κ2) is 10.2. The van der Waals surface area contributed by atoms with Gasteiger partial charge < -0.3 is 10.6 Å². The van der Waals surface area contributed by atoms with Gasteiger partial charge in [-0.25, -0.2) is 13.6 Å². The lowest BCUT2D eigenvalue weighted by molar-refractivity contribution is -0.113. The average molecular weight is 518 g/mol. The van der Waals surface area contributed by atoms with Gasteiger partial charge in [-0.2, -0.15) is 0 Å². The zero-order chi connectivity index (χ0) is 22.6. The number of thioether (sulfide) groups is 1. The summed E-state index contributed by atoms with van der Waals surface area (Å²) in [6, 6.07) is 10.3. The van der Waals surface area contributed by atoms with Crippen LogP contribution >= 0.6 is 46.3 Å². The van der Waals surface area contributed by atoms with E-state index in [1.54, 1.807) is 0 Å². The first kappa shape index (κ1) is 23.8. The number of amides is 1. The highest BCUT2D eigenvalue weighted by atomic mass is 35.5. The Labute approximate surface area is 197 Å². The SMILES string of the molecule is CCc1ccc(Nc2nnc(SCC(=O)Nc3c(Cl)cc(S(N)(=O)=O)cc3Cl)s2)cc1. The van der Waals surface area contributed by atoms with E-state index >= 15 is 0 Å². The van der Waals surface area contributed by atoms with Crippen LogP contribution in [0.5, 0.6) is 0 Å². The zero-order valence-corrected chi connectivity index (χ0v) is 20.0. The van der Waals surface area contributed by atoms with Gasteiger partial charge in [0.25, 0.3) is 0 Å². The Balaban J connectivity index is 1.58. The lowest BCUT2D eigenvalue weighted by Gasteiger charge is -2.10. The van der Waals surface area contributed by atoms with Crippen LogP contribution in [0.2, 0.25) is 10.0 Å². The van der Waals surface area contributed by atoms with Crippen LogP contribution < -0.4 is 15.8 Å². The average Bonchev–Trinajstić information content (AvgIpc) is 3.16. The minimum Gasteiger partial charge on any atom is -0.330 e. The number of nitrogens with one attached hydrogen (secondary N) is 2. The Morgan fingerprint density at radius 3 is 2.39 bits per heavy atom. The van der Waals surface area contributed by atoms with Crippen molar-refractivity contribution in [3.05, 3.63) is 52.0 Å². The van der Waals surface area contributed by atoms with Gasteiger partial charge in [0, 0.05) is 5.69 Å². The molecule has 13 heteroatoms. The van der Waals surface area contributed by atoms with E-state index in [4.69, 9.17) is 28.3 Å². The lowest BCUT2D eigenvalue weighted by Crippen LogP contribution is -2.16. The molecule has 1 amide bonds. The molecule has 0 saturated heterocycles. The number of sulfonamides is 1. The van der Waals surface area contributed by atoms with E-state index in [1.165, 1.54) is 28.7 Å². The normalized spacial score (nSPS) is 11.4. The molecule has 0 saturated carbocycles. The standard InChI is InChI=1S/C18H17Cl2N5O3S3/c1-2-10-3-5-11(6-4-10)22-17-24-25-18(30-17)29-9-15(26)23-16-13(19)7-12(8-14(16)20)31(21,27)28/h3-8H,2,9H2,1H3,(H,22,24)(H,23,26)(H2,21,27,28). The van der Waals surface area contributed by atoms with Crippen LogP contribution in [0.4, 0.5) is 16.5 Å². The predicted molar refractivity (Wildman–Crippen MR) is 126 cm³/mol.